The van der Waals surface area contributed by atoms with Crippen LogP contribution in [-0.2, 0) is 11.3 Å². The summed E-state index contributed by atoms with van der Waals surface area (Å²) in [6.45, 7) is 0.455. The number of aromatic nitrogens is 3. The third-order valence-corrected chi connectivity index (χ3v) is 4.78. The topological polar surface area (TPSA) is 80.1 Å². The van der Waals surface area contributed by atoms with Crippen LogP contribution in [0.25, 0.3) is 0 Å². The van der Waals surface area contributed by atoms with Crippen molar-refractivity contribution in [2.75, 3.05) is 11.4 Å². The molecular weight excluding hydrogens is 380 g/mol. The molecule has 0 spiro atoms. The van der Waals surface area contributed by atoms with Crippen LogP contribution in [0.5, 0.6) is 0 Å². The highest BCUT2D eigenvalue weighted by molar-refractivity contribution is 6.04. The number of benzene rings is 2. The molecule has 2 aromatic carbocycles. The first-order valence-electron chi connectivity index (χ1n) is 9.01. The third-order valence-electron chi connectivity index (χ3n) is 4.78. The predicted molar refractivity (Wildman–Crippen MR) is 100 cm³/mol. The van der Waals surface area contributed by atoms with Crippen molar-refractivity contribution in [3.63, 3.8) is 0 Å². The van der Waals surface area contributed by atoms with Gasteiger partial charge in [-0.15, -0.1) is 0 Å². The maximum absolute atomic E-state index is 14.0. The van der Waals surface area contributed by atoms with Crippen LogP contribution in [0.15, 0.2) is 55.1 Å². The van der Waals surface area contributed by atoms with E-state index in [4.69, 9.17) is 0 Å². The van der Waals surface area contributed by atoms with Gasteiger partial charge < -0.3 is 10.2 Å². The van der Waals surface area contributed by atoms with E-state index in [-0.39, 0.29) is 18.7 Å². The highest BCUT2D eigenvalue weighted by Crippen LogP contribution is 2.27. The molecule has 9 heteroatoms. The molecule has 3 aromatic rings. The summed E-state index contributed by atoms with van der Waals surface area (Å²) in [5.74, 6) is -2.61. The van der Waals surface area contributed by atoms with Gasteiger partial charge >= 0.3 is 0 Å². The zero-order chi connectivity index (χ0) is 20.4. The zero-order valence-corrected chi connectivity index (χ0v) is 15.3. The Morgan fingerprint density at radius 2 is 1.90 bits per heavy atom. The van der Waals surface area contributed by atoms with Gasteiger partial charge in [-0.25, -0.2) is 18.4 Å². The molecule has 0 saturated carbocycles. The summed E-state index contributed by atoms with van der Waals surface area (Å²) >= 11 is 0. The van der Waals surface area contributed by atoms with E-state index >= 15 is 0 Å². The van der Waals surface area contributed by atoms with Crippen molar-refractivity contribution >= 4 is 17.5 Å². The van der Waals surface area contributed by atoms with Crippen molar-refractivity contribution in [1.82, 2.24) is 20.1 Å². The molecule has 1 fully saturated rings. The van der Waals surface area contributed by atoms with Crippen molar-refractivity contribution in [2.24, 2.45) is 0 Å². The number of anilines is 1. The van der Waals surface area contributed by atoms with E-state index in [1.807, 2.05) is 0 Å². The summed E-state index contributed by atoms with van der Waals surface area (Å²) in [6, 6.07) is 9.52. The first-order valence-corrected chi connectivity index (χ1v) is 9.01. The fourth-order valence-corrected chi connectivity index (χ4v) is 3.39. The van der Waals surface area contributed by atoms with Crippen molar-refractivity contribution in [3.05, 3.63) is 77.9 Å². The van der Waals surface area contributed by atoms with Crippen molar-refractivity contribution in [1.29, 1.82) is 0 Å². The molecule has 1 aliphatic rings. The minimum Gasteiger partial charge on any atom is -0.340 e. The largest absolute Gasteiger partial charge is 0.340 e. The fourth-order valence-electron chi connectivity index (χ4n) is 3.39. The van der Waals surface area contributed by atoms with E-state index in [0.29, 0.717) is 17.7 Å². The van der Waals surface area contributed by atoms with Crippen LogP contribution in [0.3, 0.4) is 0 Å². The predicted octanol–water partition coefficient (Wildman–Crippen LogP) is 2.14. The summed E-state index contributed by atoms with van der Waals surface area (Å²) in [4.78, 5) is 30.4. The van der Waals surface area contributed by atoms with Gasteiger partial charge in [-0.3, -0.25) is 9.59 Å². The van der Waals surface area contributed by atoms with Crippen LogP contribution in [-0.4, -0.2) is 39.2 Å². The van der Waals surface area contributed by atoms with Gasteiger partial charge in [0.25, 0.3) is 5.91 Å². The molecule has 1 unspecified atom stereocenters. The number of nitrogens with zero attached hydrogens (tertiary/aromatic N) is 4. The van der Waals surface area contributed by atoms with Gasteiger partial charge in [0.1, 0.15) is 36.0 Å². The molecule has 29 heavy (non-hydrogen) atoms. The van der Waals surface area contributed by atoms with E-state index in [0.717, 1.165) is 17.0 Å². The standard InChI is InChI=1S/C20H17F2N5O2/c21-15-6-3-7-16(22)18(15)27-9-8-17(20(27)29)25-19(28)14-5-2-1-4-13(14)10-26-12-23-11-24-26/h1-7,11-12,17H,8-10H2,(H,25,28). The van der Waals surface area contributed by atoms with Gasteiger partial charge in [-0.05, 0) is 30.2 Å². The number of para-hydroxylation sites is 1. The van der Waals surface area contributed by atoms with Crippen LogP contribution in [0, 0.1) is 11.6 Å². The molecule has 7 nitrogen and oxygen atoms in total. The minimum absolute atomic E-state index is 0.113. The Bertz CT molecular complexity index is 1030. The molecule has 4 rings (SSSR count). The Kier molecular flexibility index (Phi) is 5.03. The second-order valence-electron chi connectivity index (χ2n) is 6.63. The number of hydrogen-bond acceptors (Lipinski definition) is 4. The lowest BCUT2D eigenvalue weighted by Crippen LogP contribution is -2.42. The normalized spacial score (nSPS) is 16.3. The van der Waals surface area contributed by atoms with Gasteiger partial charge in [0.15, 0.2) is 0 Å². The second kappa shape index (κ2) is 7.78. The summed E-state index contributed by atoms with van der Waals surface area (Å²) in [5, 5.41) is 6.71. The highest BCUT2D eigenvalue weighted by Gasteiger charge is 2.36. The lowest BCUT2D eigenvalue weighted by Gasteiger charge is -2.19. The third kappa shape index (κ3) is 3.71. The minimum atomic E-state index is -0.860. The van der Waals surface area contributed by atoms with E-state index < -0.39 is 29.5 Å². The molecule has 0 bridgehead atoms. The number of nitrogens with one attached hydrogen (secondary N) is 1. The Balaban J connectivity index is 1.51. The summed E-state index contributed by atoms with van der Waals surface area (Å²) in [6.07, 6.45) is 3.19. The van der Waals surface area contributed by atoms with Crippen LogP contribution < -0.4 is 10.2 Å². The monoisotopic (exact) mass is 397 g/mol. The Morgan fingerprint density at radius 3 is 2.62 bits per heavy atom. The van der Waals surface area contributed by atoms with Gasteiger partial charge in [0.05, 0.1) is 6.54 Å². The summed E-state index contributed by atoms with van der Waals surface area (Å²) in [7, 11) is 0. The molecule has 0 radical (unpaired) electrons. The maximum atomic E-state index is 14.0. The number of halogens is 2. The van der Waals surface area contributed by atoms with Gasteiger partial charge in [0, 0.05) is 12.1 Å². The molecule has 1 N–H and O–H groups in total. The molecule has 0 aliphatic carbocycles. The van der Waals surface area contributed by atoms with Gasteiger partial charge in [-0.2, -0.15) is 5.10 Å². The molecular formula is C20H17F2N5O2. The maximum Gasteiger partial charge on any atom is 0.252 e. The SMILES string of the molecule is O=C(NC1CCN(c2c(F)cccc2F)C1=O)c1ccccc1Cn1cncn1. The average Bonchev–Trinajstić information content (AvgIpc) is 3.33. The molecule has 1 aliphatic heterocycles. The van der Waals surface area contributed by atoms with Crippen LogP contribution in [0.4, 0.5) is 14.5 Å². The molecule has 1 atom stereocenters. The number of hydrogen-bond donors (Lipinski definition) is 1. The van der Waals surface area contributed by atoms with Gasteiger partial charge in [-0.1, -0.05) is 24.3 Å². The lowest BCUT2D eigenvalue weighted by molar-refractivity contribution is -0.118. The molecule has 148 valence electrons. The van der Waals surface area contributed by atoms with Gasteiger partial charge in [0.2, 0.25) is 5.91 Å². The number of rotatable bonds is 5. The fraction of sp³-hybridized carbons (Fsp3) is 0.200. The van der Waals surface area contributed by atoms with E-state index in [1.54, 1.807) is 28.9 Å². The molecule has 1 aromatic heterocycles. The molecule has 2 heterocycles. The van der Waals surface area contributed by atoms with Crippen LogP contribution >= 0.6 is 0 Å². The second-order valence-corrected chi connectivity index (χ2v) is 6.63. The van der Waals surface area contributed by atoms with Crippen LogP contribution in [0.2, 0.25) is 0 Å². The molecule has 2 amide bonds. The number of amides is 2. The Morgan fingerprint density at radius 1 is 1.14 bits per heavy atom. The quantitative estimate of drug-likeness (QED) is 0.715. The van der Waals surface area contributed by atoms with Crippen molar-refractivity contribution in [3.8, 4) is 0 Å². The number of carbonyl (C=O) groups excluding carboxylic acids is 2. The van der Waals surface area contributed by atoms with E-state index in [1.165, 1.54) is 18.7 Å². The van der Waals surface area contributed by atoms with Crippen molar-refractivity contribution in [2.45, 2.75) is 19.0 Å². The lowest BCUT2D eigenvalue weighted by atomic mass is 10.1. The summed E-state index contributed by atoms with van der Waals surface area (Å²) in [5.41, 5.74) is 0.713. The van der Waals surface area contributed by atoms with E-state index in [9.17, 15) is 18.4 Å². The average molecular weight is 397 g/mol. The smallest absolute Gasteiger partial charge is 0.252 e. The van der Waals surface area contributed by atoms with Crippen LogP contribution in [0.1, 0.15) is 22.3 Å². The number of carbonyl (C=O) groups is 2. The first kappa shape index (κ1) is 18.7. The summed E-state index contributed by atoms with van der Waals surface area (Å²) < 4.78 is 29.6. The first-order chi connectivity index (χ1) is 14.0. The van der Waals surface area contributed by atoms with E-state index in [2.05, 4.69) is 15.4 Å². The Hall–Kier alpha value is -3.62. The zero-order valence-electron chi connectivity index (χ0n) is 15.3. The Labute approximate surface area is 165 Å². The molecule has 1 saturated heterocycles. The highest BCUT2D eigenvalue weighted by atomic mass is 19.1. The van der Waals surface area contributed by atoms with Crippen molar-refractivity contribution < 1.29 is 18.4 Å².